The van der Waals surface area contributed by atoms with Crippen molar-refractivity contribution in [3.63, 3.8) is 0 Å². The topological polar surface area (TPSA) is 107 Å². The third-order valence-electron chi connectivity index (χ3n) is 8.83. The third-order valence-corrected chi connectivity index (χ3v) is 8.83. The fraction of sp³-hybridized carbons (Fsp3) is 0.333. The van der Waals surface area contributed by atoms with Crippen molar-refractivity contribution >= 4 is 29.1 Å². The van der Waals surface area contributed by atoms with Crippen LogP contribution in [-0.4, -0.2) is 92.5 Å². The van der Waals surface area contributed by atoms with Crippen molar-refractivity contribution < 1.29 is 32.3 Å². The zero-order valence-corrected chi connectivity index (χ0v) is 29.5. The Kier molecular flexibility index (Phi) is 12.6. The van der Waals surface area contributed by atoms with Crippen molar-refractivity contribution in [3.05, 3.63) is 113 Å². The predicted molar refractivity (Wildman–Crippen MR) is 194 cm³/mol. The maximum atomic E-state index is 13.7. The highest BCUT2D eigenvalue weighted by molar-refractivity contribution is 6.08. The van der Waals surface area contributed by atoms with Gasteiger partial charge < -0.3 is 25.2 Å². The molecular weight excluding hydrogens is 673 g/mol. The Morgan fingerprint density at radius 2 is 1.60 bits per heavy atom. The van der Waals surface area contributed by atoms with Crippen LogP contribution < -0.4 is 15.5 Å². The number of hydrogen-bond acceptors (Lipinski definition) is 7. The zero-order valence-electron chi connectivity index (χ0n) is 29.5. The number of rotatable bonds is 13. The molecule has 1 fully saturated rings. The Morgan fingerprint density at radius 1 is 0.865 bits per heavy atom. The van der Waals surface area contributed by atoms with Crippen LogP contribution in [0.4, 0.5) is 24.5 Å². The van der Waals surface area contributed by atoms with Crippen LogP contribution in [0.5, 0.6) is 0 Å². The third kappa shape index (κ3) is 9.95. The number of benzene rings is 3. The number of carbonyl (C=O) groups is 3. The summed E-state index contributed by atoms with van der Waals surface area (Å²) in [6.45, 7) is 7.00. The first-order valence-corrected chi connectivity index (χ1v) is 17.2. The molecule has 2 N–H and O–H groups in total. The van der Waals surface area contributed by atoms with Crippen molar-refractivity contribution in [2.45, 2.75) is 26.1 Å². The van der Waals surface area contributed by atoms with E-state index in [1.807, 2.05) is 19.2 Å². The van der Waals surface area contributed by atoms with E-state index in [0.29, 0.717) is 53.4 Å². The lowest BCUT2D eigenvalue weighted by Crippen LogP contribution is -2.41. The monoisotopic (exact) mass is 716 g/mol. The van der Waals surface area contributed by atoms with Gasteiger partial charge in [0, 0.05) is 87.5 Å². The maximum absolute atomic E-state index is 13.7. The molecule has 0 saturated carbocycles. The number of likely N-dealkylation sites (N-methyl/N-ethyl adjacent to an activating group) is 1. The van der Waals surface area contributed by atoms with Crippen LogP contribution in [0.15, 0.2) is 85.1 Å². The van der Waals surface area contributed by atoms with Gasteiger partial charge in [0.2, 0.25) is 0 Å². The summed E-state index contributed by atoms with van der Waals surface area (Å²) in [7, 11) is 3.69. The van der Waals surface area contributed by atoms with Gasteiger partial charge in [0.15, 0.2) is 0 Å². The summed E-state index contributed by atoms with van der Waals surface area (Å²) < 4.78 is 44.9. The molecule has 1 aromatic heterocycles. The van der Waals surface area contributed by atoms with E-state index in [1.54, 1.807) is 48.3 Å². The molecule has 3 amide bonds. The molecular formula is C39H43F3N6O4. The Labute approximate surface area is 301 Å². The molecule has 274 valence electrons. The summed E-state index contributed by atoms with van der Waals surface area (Å²) in [4.78, 5) is 50.6. The van der Waals surface area contributed by atoms with Gasteiger partial charge in [-0.25, -0.2) is 0 Å². The Balaban J connectivity index is 1.34. The number of nitrogens with zero attached hydrogens (tertiary/aromatic N) is 4. The molecule has 3 aromatic carbocycles. The number of aromatic nitrogens is 1. The first-order chi connectivity index (χ1) is 24.9. The maximum Gasteiger partial charge on any atom is 0.416 e. The van der Waals surface area contributed by atoms with E-state index in [9.17, 15) is 27.6 Å². The smallest absolute Gasteiger partial charge is 0.379 e. The van der Waals surface area contributed by atoms with Crippen LogP contribution in [0, 0.1) is 0 Å². The molecule has 13 heteroatoms. The van der Waals surface area contributed by atoms with E-state index in [4.69, 9.17) is 4.74 Å². The van der Waals surface area contributed by atoms with Gasteiger partial charge in [0.05, 0.1) is 30.2 Å². The quantitative estimate of drug-likeness (QED) is 0.170. The highest BCUT2D eigenvalue weighted by Gasteiger charge is 2.30. The number of ether oxygens (including phenoxy) is 1. The van der Waals surface area contributed by atoms with Crippen LogP contribution >= 0.6 is 0 Å². The predicted octanol–water partition coefficient (Wildman–Crippen LogP) is 6.20. The number of amides is 3. The highest BCUT2D eigenvalue weighted by Crippen LogP contribution is 2.32. The summed E-state index contributed by atoms with van der Waals surface area (Å²) in [6, 6.07) is 20.0. The zero-order chi connectivity index (χ0) is 37.3. The van der Waals surface area contributed by atoms with Crippen LogP contribution in [0.1, 0.15) is 55.5 Å². The summed E-state index contributed by atoms with van der Waals surface area (Å²) in [5.41, 5.74) is 2.69. The van der Waals surface area contributed by atoms with Gasteiger partial charge in [-0.2, -0.15) is 13.2 Å². The van der Waals surface area contributed by atoms with Gasteiger partial charge in [-0.15, -0.1) is 0 Å². The Hall–Kier alpha value is -5.27. The molecule has 0 atom stereocenters. The number of nitrogens with one attached hydrogen (secondary N) is 2. The average molecular weight is 717 g/mol. The van der Waals surface area contributed by atoms with Crippen molar-refractivity contribution in [2.75, 3.05) is 70.2 Å². The lowest BCUT2D eigenvalue weighted by atomic mass is 10.0. The number of halogens is 3. The standard InChI is InChI=1S/C39H43F3N6O4/c1-4-15-46(2)32-11-12-34(45-37(50)28-8-6-9-30(23-28)38(51)47(3)16-17-48-18-20-52-21-19-48)33(25-32)35-24-29(13-14-43-35)36(49)44-26-27-7-5-10-31(22-27)39(40,41)42/h5-14,22-25H,4,15-21,26H2,1-3H3,(H,44,49)(H,45,50). The molecule has 4 aromatic rings. The normalized spacial score (nSPS) is 13.3. The molecule has 1 saturated heterocycles. The van der Waals surface area contributed by atoms with E-state index < -0.39 is 23.6 Å². The molecule has 2 heterocycles. The molecule has 0 unspecified atom stereocenters. The highest BCUT2D eigenvalue weighted by atomic mass is 19.4. The summed E-state index contributed by atoms with van der Waals surface area (Å²) in [5, 5.41) is 5.65. The van der Waals surface area contributed by atoms with E-state index in [-0.39, 0.29) is 18.0 Å². The van der Waals surface area contributed by atoms with E-state index >= 15 is 0 Å². The number of anilines is 2. The van der Waals surface area contributed by atoms with Gasteiger partial charge in [0.1, 0.15) is 0 Å². The van der Waals surface area contributed by atoms with Crippen molar-refractivity contribution in [2.24, 2.45) is 0 Å². The second-order valence-electron chi connectivity index (χ2n) is 12.7. The Morgan fingerprint density at radius 3 is 2.35 bits per heavy atom. The van der Waals surface area contributed by atoms with Gasteiger partial charge in [-0.1, -0.05) is 25.1 Å². The second-order valence-corrected chi connectivity index (χ2v) is 12.7. The van der Waals surface area contributed by atoms with E-state index in [1.165, 1.54) is 24.4 Å². The van der Waals surface area contributed by atoms with Crippen molar-refractivity contribution in [3.8, 4) is 11.3 Å². The Bertz CT molecular complexity index is 1880. The first kappa shape index (κ1) is 38.0. The summed E-state index contributed by atoms with van der Waals surface area (Å²) in [5.74, 6) is -1.13. The first-order valence-electron chi connectivity index (χ1n) is 17.2. The molecule has 10 nitrogen and oxygen atoms in total. The number of morpholine rings is 1. The fourth-order valence-corrected chi connectivity index (χ4v) is 5.84. The number of carbonyl (C=O) groups excluding carboxylic acids is 3. The van der Waals surface area contributed by atoms with Gasteiger partial charge in [-0.05, 0) is 72.6 Å². The molecule has 0 aliphatic carbocycles. The largest absolute Gasteiger partial charge is 0.416 e. The van der Waals surface area contributed by atoms with Gasteiger partial charge >= 0.3 is 6.18 Å². The molecule has 5 rings (SSSR count). The fourth-order valence-electron chi connectivity index (χ4n) is 5.84. The molecule has 0 spiro atoms. The van der Waals surface area contributed by atoms with Crippen LogP contribution in [0.2, 0.25) is 0 Å². The molecule has 1 aliphatic rings. The minimum Gasteiger partial charge on any atom is -0.379 e. The van der Waals surface area contributed by atoms with Crippen molar-refractivity contribution in [1.29, 1.82) is 0 Å². The average Bonchev–Trinajstić information content (AvgIpc) is 3.16. The number of alkyl halides is 3. The van der Waals surface area contributed by atoms with Crippen LogP contribution in [0.3, 0.4) is 0 Å². The number of hydrogen-bond donors (Lipinski definition) is 2. The van der Waals surface area contributed by atoms with Gasteiger partial charge in [-0.3, -0.25) is 24.3 Å². The number of pyridine rings is 1. The second kappa shape index (κ2) is 17.3. The molecule has 52 heavy (non-hydrogen) atoms. The van der Waals surface area contributed by atoms with Gasteiger partial charge in [0.25, 0.3) is 17.7 Å². The lowest BCUT2D eigenvalue weighted by Gasteiger charge is -2.28. The SMILES string of the molecule is CCCN(C)c1ccc(NC(=O)c2cccc(C(=O)N(C)CCN3CCOCC3)c2)c(-c2cc(C(=O)NCc3cccc(C(F)(F)F)c3)ccn2)c1. The molecule has 1 aliphatic heterocycles. The molecule has 0 radical (unpaired) electrons. The summed E-state index contributed by atoms with van der Waals surface area (Å²) in [6.07, 6.45) is -2.12. The van der Waals surface area contributed by atoms with Crippen LogP contribution in [0.25, 0.3) is 11.3 Å². The van der Waals surface area contributed by atoms with E-state index in [0.717, 1.165) is 50.4 Å². The lowest BCUT2D eigenvalue weighted by molar-refractivity contribution is -0.137. The van der Waals surface area contributed by atoms with Crippen molar-refractivity contribution in [1.82, 2.24) is 20.1 Å². The van der Waals surface area contributed by atoms with Crippen LogP contribution in [-0.2, 0) is 17.5 Å². The minimum atomic E-state index is -4.49. The van der Waals surface area contributed by atoms with E-state index in [2.05, 4.69) is 32.3 Å². The summed E-state index contributed by atoms with van der Waals surface area (Å²) >= 11 is 0. The molecule has 0 bridgehead atoms. The minimum absolute atomic E-state index is 0.107.